The number of benzene rings is 1. The Hall–Kier alpha value is -2.64. The number of amides is 1. The number of hydrogen-bond acceptors (Lipinski definition) is 5. The molecule has 1 rings (SSSR count). The van der Waals surface area contributed by atoms with Crippen LogP contribution in [0, 0.1) is 16.0 Å². The van der Waals surface area contributed by atoms with Crippen molar-refractivity contribution in [1.82, 2.24) is 5.32 Å². The first kappa shape index (κ1) is 16.4. The topological polar surface area (TPSA) is 119 Å². The van der Waals surface area contributed by atoms with Gasteiger partial charge in [0.15, 0.2) is 5.75 Å². The van der Waals surface area contributed by atoms with Gasteiger partial charge in [-0.1, -0.05) is 6.92 Å². The molecule has 1 aromatic carbocycles. The monoisotopic (exact) mass is 296 g/mol. The molecule has 0 heterocycles. The third-order valence-corrected chi connectivity index (χ3v) is 2.77. The van der Waals surface area contributed by atoms with E-state index in [0.717, 1.165) is 0 Å². The lowest BCUT2D eigenvalue weighted by atomic mass is 10.1. The summed E-state index contributed by atoms with van der Waals surface area (Å²) in [6.07, 6.45) is -0.0517. The summed E-state index contributed by atoms with van der Waals surface area (Å²) in [4.78, 5) is 32.6. The normalized spacial score (nSPS) is 11.5. The van der Waals surface area contributed by atoms with Gasteiger partial charge in [0.1, 0.15) is 0 Å². The molecule has 0 spiro atoms. The number of aliphatic carboxylic acids is 1. The van der Waals surface area contributed by atoms with Gasteiger partial charge in [0.05, 0.1) is 12.0 Å². The molecule has 0 aromatic heterocycles. The number of nitro groups is 1. The van der Waals surface area contributed by atoms with Crippen LogP contribution in [0.15, 0.2) is 18.2 Å². The molecule has 0 aliphatic rings. The van der Waals surface area contributed by atoms with Gasteiger partial charge in [0, 0.05) is 30.7 Å². The predicted octanol–water partition coefficient (Wildman–Crippen LogP) is 1.44. The first-order chi connectivity index (χ1) is 9.85. The van der Waals surface area contributed by atoms with Crippen LogP contribution in [0.25, 0.3) is 0 Å². The quantitative estimate of drug-likeness (QED) is 0.580. The van der Waals surface area contributed by atoms with Crippen LogP contribution in [-0.4, -0.2) is 35.6 Å². The fraction of sp³-hybridized carbons (Fsp3) is 0.385. The van der Waals surface area contributed by atoms with Crippen molar-refractivity contribution in [2.24, 2.45) is 5.92 Å². The standard InChI is InChI=1S/C13H16N2O6/c1-8(5-12(16)17)7-14-13(18)9-3-4-10(15(19)20)11(6-9)21-2/h3-4,6,8H,5,7H2,1-2H3,(H,14,18)(H,16,17). The van der Waals surface area contributed by atoms with E-state index in [2.05, 4.69) is 5.32 Å². The maximum atomic E-state index is 11.9. The van der Waals surface area contributed by atoms with E-state index in [1.54, 1.807) is 6.92 Å². The SMILES string of the molecule is COc1cc(C(=O)NCC(C)CC(=O)O)ccc1[N+](=O)[O-]. The van der Waals surface area contributed by atoms with Crippen LogP contribution < -0.4 is 10.1 Å². The second kappa shape index (κ2) is 7.22. The first-order valence-corrected chi connectivity index (χ1v) is 6.17. The number of hydrogen-bond donors (Lipinski definition) is 2. The lowest BCUT2D eigenvalue weighted by Crippen LogP contribution is -2.29. The van der Waals surface area contributed by atoms with E-state index < -0.39 is 16.8 Å². The van der Waals surface area contributed by atoms with Crippen molar-refractivity contribution in [3.8, 4) is 5.75 Å². The van der Waals surface area contributed by atoms with Gasteiger partial charge >= 0.3 is 11.7 Å². The van der Waals surface area contributed by atoms with Crippen LogP contribution in [0.5, 0.6) is 5.75 Å². The molecule has 114 valence electrons. The Morgan fingerprint density at radius 2 is 2.14 bits per heavy atom. The highest BCUT2D eigenvalue weighted by molar-refractivity contribution is 5.95. The zero-order chi connectivity index (χ0) is 16.0. The van der Waals surface area contributed by atoms with Crippen molar-refractivity contribution in [2.75, 3.05) is 13.7 Å². The number of carboxylic acids is 1. The van der Waals surface area contributed by atoms with Crippen LogP contribution in [-0.2, 0) is 4.79 Å². The van der Waals surface area contributed by atoms with Crippen LogP contribution in [0.2, 0.25) is 0 Å². The maximum Gasteiger partial charge on any atom is 0.310 e. The van der Waals surface area contributed by atoms with E-state index in [-0.39, 0.29) is 35.9 Å². The molecule has 0 radical (unpaired) electrons. The van der Waals surface area contributed by atoms with Crippen LogP contribution >= 0.6 is 0 Å². The molecule has 0 saturated heterocycles. The van der Waals surface area contributed by atoms with Crippen LogP contribution in [0.3, 0.4) is 0 Å². The highest BCUT2D eigenvalue weighted by Gasteiger charge is 2.18. The Morgan fingerprint density at radius 3 is 2.67 bits per heavy atom. The van der Waals surface area contributed by atoms with Gasteiger partial charge in [0.2, 0.25) is 0 Å². The molecule has 21 heavy (non-hydrogen) atoms. The van der Waals surface area contributed by atoms with Gasteiger partial charge < -0.3 is 15.2 Å². The molecular formula is C13H16N2O6. The minimum absolute atomic E-state index is 0.00812. The summed E-state index contributed by atoms with van der Waals surface area (Å²) < 4.78 is 4.88. The van der Waals surface area contributed by atoms with E-state index in [0.29, 0.717) is 0 Å². The van der Waals surface area contributed by atoms with Gasteiger partial charge in [-0.25, -0.2) is 0 Å². The minimum atomic E-state index is -0.936. The number of rotatable bonds is 7. The Kier molecular flexibility index (Phi) is 5.65. The third kappa shape index (κ3) is 4.75. The van der Waals surface area contributed by atoms with E-state index in [9.17, 15) is 19.7 Å². The summed E-state index contributed by atoms with van der Waals surface area (Å²) >= 11 is 0. The highest BCUT2D eigenvalue weighted by atomic mass is 16.6. The molecule has 0 aliphatic carbocycles. The summed E-state index contributed by atoms with van der Waals surface area (Å²) in [5.74, 6) is -1.60. The van der Waals surface area contributed by atoms with Gasteiger partial charge in [-0.05, 0) is 12.0 Å². The van der Waals surface area contributed by atoms with Crippen molar-refractivity contribution in [3.63, 3.8) is 0 Å². The molecule has 1 atom stereocenters. The average Bonchev–Trinajstić information content (AvgIpc) is 2.43. The Morgan fingerprint density at radius 1 is 1.48 bits per heavy atom. The van der Waals surface area contributed by atoms with E-state index >= 15 is 0 Å². The fourth-order valence-electron chi connectivity index (χ4n) is 1.71. The lowest BCUT2D eigenvalue weighted by Gasteiger charge is -2.11. The Balaban J connectivity index is 2.75. The number of carbonyl (C=O) groups is 2. The first-order valence-electron chi connectivity index (χ1n) is 6.17. The molecule has 2 N–H and O–H groups in total. The summed E-state index contributed by atoms with van der Waals surface area (Å²) in [6.45, 7) is 1.90. The van der Waals surface area contributed by atoms with Gasteiger partial charge in [0.25, 0.3) is 5.91 Å². The second-order valence-corrected chi connectivity index (χ2v) is 4.56. The fourth-order valence-corrected chi connectivity index (χ4v) is 1.71. The number of ether oxygens (including phenoxy) is 1. The zero-order valence-electron chi connectivity index (χ0n) is 11.7. The van der Waals surface area contributed by atoms with Crippen LogP contribution in [0.1, 0.15) is 23.7 Å². The largest absolute Gasteiger partial charge is 0.490 e. The Labute approximate surface area is 120 Å². The number of carboxylic acid groups (broad SMARTS) is 1. The molecule has 8 nitrogen and oxygen atoms in total. The van der Waals surface area contributed by atoms with E-state index in [1.165, 1.54) is 25.3 Å². The summed E-state index contributed by atoms with van der Waals surface area (Å²) in [6, 6.07) is 3.78. The highest BCUT2D eigenvalue weighted by Crippen LogP contribution is 2.27. The molecule has 0 fully saturated rings. The molecular weight excluding hydrogens is 280 g/mol. The third-order valence-electron chi connectivity index (χ3n) is 2.77. The van der Waals surface area contributed by atoms with Crippen molar-refractivity contribution >= 4 is 17.6 Å². The van der Waals surface area contributed by atoms with Crippen molar-refractivity contribution in [1.29, 1.82) is 0 Å². The van der Waals surface area contributed by atoms with Gasteiger partial charge in [-0.3, -0.25) is 19.7 Å². The molecule has 8 heteroatoms. The zero-order valence-corrected chi connectivity index (χ0v) is 11.7. The average molecular weight is 296 g/mol. The van der Waals surface area contributed by atoms with E-state index in [1.807, 2.05) is 0 Å². The molecule has 1 amide bonds. The number of nitrogens with one attached hydrogen (secondary N) is 1. The van der Waals surface area contributed by atoms with Crippen molar-refractivity contribution in [3.05, 3.63) is 33.9 Å². The smallest absolute Gasteiger partial charge is 0.310 e. The number of carbonyl (C=O) groups excluding carboxylic acids is 1. The molecule has 0 bridgehead atoms. The van der Waals surface area contributed by atoms with Gasteiger partial charge in [-0.15, -0.1) is 0 Å². The molecule has 0 saturated carbocycles. The van der Waals surface area contributed by atoms with Crippen LogP contribution in [0.4, 0.5) is 5.69 Å². The lowest BCUT2D eigenvalue weighted by molar-refractivity contribution is -0.385. The predicted molar refractivity (Wildman–Crippen MR) is 73.4 cm³/mol. The summed E-state index contributed by atoms with van der Waals surface area (Å²) in [5.41, 5.74) is -0.0201. The Bertz CT molecular complexity index is 558. The summed E-state index contributed by atoms with van der Waals surface area (Å²) in [7, 11) is 1.28. The van der Waals surface area contributed by atoms with Crippen molar-refractivity contribution < 1.29 is 24.4 Å². The second-order valence-electron chi connectivity index (χ2n) is 4.56. The van der Waals surface area contributed by atoms with Crippen molar-refractivity contribution in [2.45, 2.75) is 13.3 Å². The number of nitrogens with zero attached hydrogens (tertiary/aromatic N) is 1. The number of nitro benzene ring substituents is 1. The maximum absolute atomic E-state index is 11.9. The summed E-state index contributed by atoms with van der Waals surface area (Å²) in [5, 5.41) is 21.9. The minimum Gasteiger partial charge on any atom is -0.490 e. The number of methoxy groups -OCH3 is 1. The van der Waals surface area contributed by atoms with E-state index in [4.69, 9.17) is 9.84 Å². The van der Waals surface area contributed by atoms with Gasteiger partial charge in [-0.2, -0.15) is 0 Å². The molecule has 1 aromatic rings. The molecule has 1 unspecified atom stereocenters. The molecule has 0 aliphatic heterocycles.